The van der Waals surface area contributed by atoms with Crippen LogP contribution in [0.2, 0.25) is 0 Å². The van der Waals surface area contributed by atoms with Crippen LogP contribution in [0.1, 0.15) is 39.2 Å². The van der Waals surface area contributed by atoms with Crippen LogP contribution in [0.4, 0.5) is 5.00 Å². The van der Waals surface area contributed by atoms with E-state index in [4.69, 9.17) is 9.47 Å². The van der Waals surface area contributed by atoms with Crippen molar-refractivity contribution in [1.29, 1.82) is 0 Å². The minimum atomic E-state index is -3.90. The Hall–Kier alpha value is -3.25. The zero-order chi connectivity index (χ0) is 27.6. The molecule has 2 aliphatic rings. The van der Waals surface area contributed by atoms with E-state index in [0.717, 1.165) is 23.5 Å². The zero-order valence-electron chi connectivity index (χ0n) is 21.9. The first-order valence-corrected chi connectivity index (χ1v) is 15.0. The van der Waals surface area contributed by atoms with Gasteiger partial charge in [-0.3, -0.25) is 9.69 Å². The van der Waals surface area contributed by atoms with Crippen molar-refractivity contribution in [2.24, 2.45) is 0 Å². The Kier molecular flexibility index (Phi) is 8.03. The van der Waals surface area contributed by atoms with Gasteiger partial charge in [-0.15, -0.1) is 11.3 Å². The van der Waals surface area contributed by atoms with Gasteiger partial charge in [-0.2, -0.15) is 4.31 Å². The number of fused-ring (bicyclic) bond motifs is 1. The highest BCUT2D eigenvalue weighted by molar-refractivity contribution is 7.89. The van der Waals surface area contributed by atoms with E-state index >= 15 is 0 Å². The number of hydrogen-bond donors (Lipinski definition) is 1. The summed E-state index contributed by atoms with van der Waals surface area (Å²) in [4.78, 5) is 29.7. The van der Waals surface area contributed by atoms with Crippen molar-refractivity contribution in [1.82, 2.24) is 9.21 Å². The number of benzene rings is 2. The number of amides is 1. The summed E-state index contributed by atoms with van der Waals surface area (Å²) >= 11 is 1.36. The summed E-state index contributed by atoms with van der Waals surface area (Å²) in [6, 6.07) is 15.4. The number of carbonyl (C=O) groups excluding carboxylic acids is 2. The van der Waals surface area contributed by atoms with Crippen molar-refractivity contribution >= 4 is 38.2 Å². The van der Waals surface area contributed by atoms with E-state index in [2.05, 4.69) is 22.3 Å². The third-order valence-corrected chi connectivity index (χ3v) is 10.2. The van der Waals surface area contributed by atoms with Gasteiger partial charge in [0.05, 0.1) is 24.7 Å². The number of hydrogen-bond acceptors (Lipinski definition) is 8. The van der Waals surface area contributed by atoms with Crippen LogP contribution >= 0.6 is 11.3 Å². The van der Waals surface area contributed by atoms with Crippen molar-refractivity contribution in [3.63, 3.8) is 0 Å². The van der Waals surface area contributed by atoms with E-state index in [1.54, 1.807) is 12.1 Å². The maximum atomic E-state index is 13.5. The van der Waals surface area contributed by atoms with Gasteiger partial charge in [0, 0.05) is 31.1 Å². The van der Waals surface area contributed by atoms with E-state index in [0.29, 0.717) is 42.1 Å². The predicted octanol–water partition coefficient (Wildman–Crippen LogP) is 3.89. The lowest BCUT2D eigenvalue weighted by Crippen LogP contribution is -2.43. The number of rotatable bonds is 8. The van der Waals surface area contributed by atoms with Crippen LogP contribution in [-0.4, -0.2) is 62.9 Å². The summed E-state index contributed by atoms with van der Waals surface area (Å²) in [6.45, 7) is 2.45. The third-order valence-electron chi connectivity index (χ3n) is 7.18. The van der Waals surface area contributed by atoms with Gasteiger partial charge in [-0.25, -0.2) is 13.2 Å². The summed E-state index contributed by atoms with van der Waals surface area (Å²) in [5.41, 5.74) is 2.46. The second-order valence-corrected chi connectivity index (χ2v) is 12.6. The lowest BCUT2D eigenvalue weighted by Gasteiger charge is -2.27. The van der Waals surface area contributed by atoms with E-state index in [-0.39, 0.29) is 11.4 Å². The molecule has 1 atom stereocenters. The highest BCUT2D eigenvalue weighted by atomic mass is 32.2. The predicted molar refractivity (Wildman–Crippen MR) is 148 cm³/mol. The van der Waals surface area contributed by atoms with E-state index < -0.39 is 27.9 Å². The average Bonchev–Trinajstić information content (AvgIpc) is 3.59. The molecule has 1 N–H and O–H groups in total. The fourth-order valence-corrected chi connectivity index (χ4v) is 8.14. The first-order valence-electron chi connectivity index (χ1n) is 12.8. The van der Waals surface area contributed by atoms with Gasteiger partial charge in [-0.1, -0.05) is 30.3 Å². The number of sulfonamides is 1. The van der Waals surface area contributed by atoms with Crippen LogP contribution < -0.4 is 10.1 Å². The average molecular weight is 570 g/mol. The van der Waals surface area contributed by atoms with Crippen LogP contribution in [0.15, 0.2) is 59.5 Å². The van der Waals surface area contributed by atoms with Gasteiger partial charge in [0.2, 0.25) is 15.9 Å². The van der Waals surface area contributed by atoms with Crippen LogP contribution in [0.25, 0.3) is 0 Å². The molecule has 11 heteroatoms. The molecule has 0 saturated carbocycles. The Morgan fingerprint density at radius 3 is 2.49 bits per heavy atom. The molecule has 1 fully saturated rings. The van der Waals surface area contributed by atoms with Gasteiger partial charge in [-0.05, 0) is 54.7 Å². The molecular weight excluding hydrogens is 538 g/mol. The number of nitrogens with zero attached hydrogens (tertiary/aromatic N) is 2. The van der Waals surface area contributed by atoms with Crippen LogP contribution in [0.3, 0.4) is 0 Å². The van der Waals surface area contributed by atoms with Gasteiger partial charge in [0.1, 0.15) is 16.8 Å². The minimum absolute atomic E-state index is 0.100. The molecule has 0 spiro atoms. The number of anilines is 1. The highest BCUT2D eigenvalue weighted by Crippen LogP contribution is 2.39. The maximum absolute atomic E-state index is 13.5. The largest absolute Gasteiger partial charge is 0.497 e. The number of carbonyl (C=O) groups is 2. The summed E-state index contributed by atoms with van der Waals surface area (Å²) in [6.07, 6.45) is 1.61. The molecular formula is C28H31N3O6S2. The molecule has 0 radical (unpaired) electrons. The Bertz CT molecular complexity index is 1450. The molecule has 5 rings (SSSR count). The van der Waals surface area contributed by atoms with Gasteiger partial charge >= 0.3 is 5.97 Å². The standard InChI is InChI=1S/C28H31N3O6S2/c1-36-20-10-12-21(13-11-20)39(34,35)31-15-6-9-23(31)26(32)29-27-25(28(33)37-2)22-14-16-30(18-24(22)38-27)17-19-7-4-3-5-8-19/h3-5,7-8,10-13,23H,6,9,14-18H2,1-2H3,(H,29,32). The molecule has 3 heterocycles. The quantitative estimate of drug-likeness (QED) is 0.411. The zero-order valence-corrected chi connectivity index (χ0v) is 23.5. The Balaban J connectivity index is 1.37. The first-order chi connectivity index (χ1) is 18.8. The molecule has 1 amide bonds. The monoisotopic (exact) mass is 569 g/mol. The van der Waals surface area contributed by atoms with E-state index in [1.807, 2.05) is 18.2 Å². The van der Waals surface area contributed by atoms with Gasteiger partial charge in [0.25, 0.3) is 0 Å². The molecule has 3 aromatic rings. The maximum Gasteiger partial charge on any atom is 0.341 e. The molecule has 2 aromatic carbocycles. The molecule has 2 aliphatic heterocycles. The number of ether oxygens (including phenoxy) is 2. The molecule has 0 bridgehead atoms. The molecule has 1 unspecified atom stereocenters. The van der Waals surface area contributed by atoms with Crippen molar-refractivity contribution < 1.29 is 27.5 Å². The van der Waals surface area contributed by atoms with Crippen molar-refractivity contribution in [3.8, 4) is 5.75 Å². The normalized spacial score (nSPS) is 17.9. The Morgan fingerprint density at radius 2 is 1.79 bits per heavy atom. The van der Waals surface area contributed by atoms with Crippen molar-refractivity contribution in [3.05, 3.63) is 76.2 Å². The smallest absolute Gasteiger partial charge is 0.341 e. The SMILES string of the molecule is COC(=O)c1c(NC(=O)C2CCCN2S(=O)(=O)c2ccc(OC)cc2)sc2c1CCN(Cc1ccccc1)C2. The summed E-state index contributed by atoms with van der Waals surface area (Å²) in [5, 5.41) is 3.30. The number of nitrogens with one attached hydrogen (secondary N) is 1. The fourth-order valence-electron chi connectivity index (χ4n) is 5.21. The Labute approximate surface area is 232 Å². The second-order valence-electron chi connectivity index (χ2n) is 9.58. The number of methoxy groups -OCH3 is 2. The van der Waals surface area contributed by atoms with Gasteiger partial charge in [0.15, 0.2) is 0 Å². The summed E-state index contributed by atoms with van der Waals surface area (Å²) in [5.74, 6) is -0.410. The molecule has 1 saturated heterocycles. The second kappa shape index (κ2) is 11.5. The molecule has 39 heavy (non-hydrogen) atoms. The molecule has 1 aromatic heterocycles. The first kappa shape index (κ1) is 27.3. The van der Waals surface area contributed by atoms with Crippen molar-refractivity contribution in [2.75, 3.05) is 32.6 Å². The molecule has 206 valence electrons. The number of thiophene rings is 1. The molecule has 0 aliphatic carbocycles. The van der Waals surface area contributed by atoms with Crippen LogP contribution in [0, 0.1) is 0 Å². The third kappa shape index (κ3) is 5.58. The van der Waals surface area contributed by atoms with Gasteiger partial charge < -0.3 is 14.8 Å². The number of esters is 1. The van der Waals surface area contributed by atoms with E-state index in [1.165, 1.54) is 47.6 Å². The topological polar surface area (TPSA) is 105 Å². The lowest BCUT2D eigenvalue weighted by molar-refractivity contribution is -0.119. The summed E-state index contributed by atoms with van der Waals surface area (Å²) < 4.78 is 38.2. The lowest BCUT2D eigenvalue weighted by atomic mass is 10.0. The highest BCUT2D eigenvalue weighted by Gasteiger charge is 2.40. The minimum Gasteiger partial charge on any atom is -0.497 e. The van der Waals surface area contributed by atoms with Crippen LogP contribution in [-0.2, 0) is 39.1 Å². The van der Waals surface area contributed by atoms with E-state index in [9.17, 15) is 18.0 Å². The van der Waals surface area contributed by atoms with Crippen molar-refractivity contribution in [2.45, 2.75) is 43.3 Å². The fraction of sp³-hybridized carbons (Fsp3) is 0.357. The Morgan fingerprint density at radius 1 is 1.05 bits per heavy atom. The molecule has 9 nitrogen and oxygen atoms in total. The van der Waals surface area contributed by atoms with Crippen LogP contribution in [0.5, 0.6) is 5.75 Å². The summed E-state index contributed by atoms with van der Waals surface area (Å²) in [7, 11) is -1.07.